The van der Waals surface area contributed by atoms with Gasteiger partial charge in [0, 0.05) is 41.8 Å². The minimum atomic E-state index is -0.234. The summed E-state index contributed by atoms with van der Waals surface area (Å²) >= 11 is 2.08. The Hall–Kier alpha value is -1.11. The van der Waals surface area contributed by atoms with Crippen LogP contribution in [0.5, 0.6) is 0 Å². The lowest BCUT2D eigenvalue weighted by Gasteiger charge is -2.24. The lowest BCUT2D eigenvalue weighted by molar-refractivity contribution is 0.0993. The number of carbonyl (C=O) groups is 1. The van der Waals surface area contributed by atoms with Crippen LogP contribution < -0.4 is 0 Å². The van der Waals surface area contributed by atoms with Crippen LogP contribution in [0.4, 0.5) is 4.39 Å². The van der Waals surface area contributed by atoms with Crippen LogP contribution in [0.25, 0.3) is 10.9 Å². The van der Waals surface area contributed by atoms with E-state index in [1.165, 1.54) is 9.12 Å². The third-order valence-corrected chi connectivity index (χ3v) is 7.12. The molecule has 0 spiro atoms. The molecule has 1 atom stereocenters. The van der Waals surface area contributed by atoms with Crippen LogP contribution in [-0.4, -0.2) is 33.8 Å². The molecule has 1 aromatic carbocycles. The first-order valence-electron chi connectivity index (χ1n) is 9.24. The third-order valence-electron chi connectivity index (χ3n) is 5.40. The summed E-state index contributed by atoms with van der Waals surface area (Å²) < 4.78 is 16.7. The Balaban J connectivity index is 1.97. The average molecular weight is 499 g/mol. The number of aromatic nitrogens is 1. The maximum Gasteiger partial charge on any atom is 0.194 e. The molecule has 0 bridgehead atoms. The van der Waals surface area contributed by atoms with Crippen molar-refractivity contribution in [2.75, 3.05) is 13.1 Å². The van der Waals surface area contributed by atoms with Crippen LogP contribution >= 0.6 is 30.3 Å². The summed E-state index contributed by atoms with van der Waals surface area (Å²) in [5, 5.41) is 9.69. The first-order valence-corrected chi connectivity index (χ1v) is 12.6. The highest BCUT2D eigenvalue weighted by Gasteiger charge is 2.24. The molecule has 0 radical (unpaired) electrons. The predicted octanol–water partition coefficient (Wildman–Crippen LogP) is 5.70. The number of Topliss-reactive ketones (excluding diaryl/α,β-unsaturated/α-hetero) is 1. The Bertz CT molecular complexity index is 889. The van der Waals surface area contributed by atoms with Crippen LogP contribution in [0, 0.1) is 17.1 Å². The Kier molecular flexibility index (Phi) is 6.82. The highest BCUT2D eigenvalue weighted by molar-refractivity contribution is 14.2. The highest BCUT2D eigenvalue weighted by Crippen LogP contribution is 2.36. The lowest BCUT2D eigenvalue weighted by Crippen LogP contribution is -2.31. The molecule has 0 aliphatic carbocycles. The van der Waals surface area contributed by atoms with Crippen molar-refractivity contribution in [1.82, 2.24) is 8.87 Å². The molecule has 1 aliphatic heterocycles. The van der Waals surface area contributed by atoms with Crippen molar-refractivity contribution in [1.29, 1.82) is 5.26 Å². The summed E-state index contributed by atoms with van der Waals surface area (Å²) in [4.78, 5) is 14.7. The van der Waals surface area contributed by atoms with Gasteiger partial charge in [-0.25, -0.2) is 4.39 Å². The number of benzene rings is 1. The molecule has 1 fully saturated rings. The Morgan fingerprint density at radius 1 is 1.37 bits per heavy atom. The molecule has 3 rings (SSSR count). The summed E-state index contributed by atoms with van der Waals surface area (Å²) in [6.07, 6.45) is 2.82. The molecule has 4 nitrogen and oxygen atoms in total. The van der Waals surface area contributed by atoms with E-state index in [2.05, 4.69) is 40.0 Å². The molecular weight excluding hydrogens is 476 g/mol. The summed E-state index contributed by atoms with van der Waals surface area (Å²) in [5.41, 5.74) is 1.90. The molecule has 2 aromatic rings. The van der Waals surface area contributed by atoms with Gasteiger partial charge < -0.3 is 4.90 Å². The Morgan fingerprint density at radius 3 is 2.81 bits per heavy atom. The van der Waals surface area contributed by atoms with E-state index in [0.29, 0.717) is 17.3 Å². The van der Waals surface area contributed by atoms with E-state index in [1.54, 1.807) is 16.1 Å². The molecule has 1 unspecified atom stereocenters. The van der Waals surface area contributed by atoms with Crippen molar-refractivity contribution >= 4 is 47.0 Å². The average Bonchev–Trinajstić information content (AvgIpc) is 2.81. The van der Waals surface area contributed by atoms with Crippen molar-refractivity contribution in [3.8, 4) is 6.07 Å². The fraction of sp³-hybridized carbons (Fsp3) is 0.500. The van der Waals surface area contributed by atoms with Crippen molar-refractivity contribution in [3.63, 3.8) is 0 Å². The van der Waals surface area contributed by atoms with Crippen LogP contribution in [0.15, 0.2) is 18.2 Å². The first-order chi connectivity index (χ1) is 13.0. The fourth-order valence-electron chi connectivity index (χ4n) is 3.91. The molecule has 144 valence electrons. The van der Waals surface area contributed by atoms with Crippen molar-refractivity contribution in [2.24, 2.45) is 0 Å². The molecule has 1 aromatic heterocycles. The maximum atomic E-state index is 15.0. The van der Waals surface area contributed by atoms with Gasteiger partial charge in [0.05, 0.1) is 17.3 Å². The van der Waals surface area contributed by atoms with Crippen molar-refractivity contribution < 1.29 is 9.18 Å². The Morgan fingerprint density at radius 2 is 2.15 bits per heavy atom. The maximum absolute atomic E-state index is 15.0. The monoisotopic (exact) mass is 499 g/mol. The largest absolute Gasteiger partial charge is 0.301 e. The second kappa shape index (κ2) is 8.93. The molecule has 2 heterocycles. The summed E-state index contributed by atoms with van der Waals surface area (Å²) in [7, 11) is 1.33. The minimum absolute atomic E-state index is 0.170. The Labute approximate surface area is 175 Å². The molecule has 7 heteroatoms. The summed E-state index contributed by atoms with van der Waals surface area (Å²) in [6, 6.07) is 7.66. The molecule has 27 heavy (non-hydrogen) atoms. The second-order valence-corrected chi connectivity index (χ2v) is 9.03. The number of hydrogen-bond acceptors (Lipinski definition) is 4. The van der Waals surface area contributed by atoms with Gasteiger partial charge in [0.2, 0.25) is 0 Å². The van der Waals surface area contributed by atoms with Gasteiger partial charge in [0.15, 0.2) is 5.78 Å². The van der Waals surface area contributed by atoms with E-state index in [1.807, 2.05) is 12.1 Å². The highest BCUT2D eigenvalue weighted by atomic mass is 127. The van der Waals surface area contributed by atoms with E-state index in [4.69, 9.17) is 5.26 Å². The zero-order chi connectivity index (χ0) is 19.6. The van der Waals surface area contributed by atoms with Crippen LogP contribution in [-0.2, 0) is 0 Å². The number of hydrogen-bond donors (Lipinski definition) is 0. The number of rotatable bonds is 5. The first kappa shape index (κ1) is 20.6. The van der Waals surface area contributed by atoms with Crippen LogP contribution in [0.3, 0.4) is 0 Å². The lowest BCUT2D eigenvalue weighted by atomic mass is 9.91. The quantitative estimate of drug-likeness (QED) is 0.391. The van der Waals surface area contributed by atoms with Gasteiger partial charge in [-0.15, -0.1) is 0 Å². The molecule has 0 amide bonds. The van der Waals surface area contributed by atoms with Crippen molar-refractivity contribution in [3.05, 3.63) is 35.3 Å². The third kappa shape index (κ3) is 4.33. The fourth-order valence-corrected chi connectivity index (χ4v) is 5.65. The van der Waals surface area contributed by atoms with E-state index in [9.17, 15) is 9.18 Å². The number of nitriles is 1. The number of carbonyl (C=O) groups excluding carboxylic acids is 1. The summed E-state index contributed by atoms with van der Waals surface area (Å²) in [5.74, 6) is -0.233. The molecule has 1 saturated heterocycles. The predicted molar refractivity (Wildman–Crippen MR) is 117 cm³/mol. The van der Waals surface area contributed by atoms with Gasteiger partial charge in [-0.05, 0) is 75.9 Å². The van der Waals surface area contributed by atoms with Crippen LogP contribution in [0.2, 0.25) is 0 Å². The van der Waals surface area contributed by atoms with E-state index in [-0.39, 0.29) is 23.9 Å². The van der Waals surface area contributed by atoms with Crippen LogP contribution in [0.1, 0.15) is 61.5 Å². The smallest absolute Gasteiger partial charge is 0.194 e. The molecule has 1 aliphatic rings. The van der Waals surface area contributed by atoms with Gasteiger partial charge in [-0.3, -0.25) is 8.77 Å². The SMILES string of the molecule is CC(C)N1CCCC(c2cc3cc(C(=O)CC#N)n(SI)c3cc2F)CC1. The van der Waals surface area contributed by atoms with E-state index in [0.717, 1.165) is 43.3 Å². The summed E-state index contributed by atoms with van der Waals surface area (Å²) in [6.45, 7) is 6.46. The van der Waals surface area contributed by atoms with Gasteiger partial charge in [-0.2, -0.15) is 5.26 Å². The van der Waals surface area contributed by atoms with Gasteiger partial charge in [0.25, 0.3) is 0 Å². The normalized spacial score (nSPS) is 18.6. The standard InChI is InChI=1S/C20H23FIN3OS/c1-13(2)24-8-3-4-14(6-9-24)16-10-15-11-19(20(26)5-7-23)25(27-22)18(15)12-17(16)21/h10-14H,3-6,8-9H2,1-2H3. The van der Waals surface area contributed by atoms with Gasteiger partial charge in [-0.1, -0.05) is 0 Å². The second-order valence-electron chi connectivity index (χ2n) is 7.34. The number of halogens is 2. The zero-order valence-corrected chi connectivity index (χ0v) is 18.5. The van der Waals surface area contributed by atoms with E-state index < -0.39 is 0 Å². The molecule has 0 N–H and O–H groups in total. The zero-order valence-electron chi connectivity index (χ0n) is 15.5. The topological polar surface area (TPSA) is 49.0 Å². The minimum Gasteiger partial charge on any atom is -0.301 e. The van der Waals surface area contributed by atoms with Gasteiger partial charge >= 0.3 is 0 Å². The van der Waals surface area contributed by atoms with Gasteiger partial charge in [0.1, 0.15) is 12.2 Å². The number of likely N-dealkylation sites (tertiary alicyclic amines) is 1. The number of nitrogens with zero attached hydrogens (tertiary/aromatic N) is 3. The number of fused-ring (bicyclic) bond motifs is 1. The number of ketones is 1. The van der Waals surface area contributed by atoms with E-state index >= 15 is 0 Å². The molecular formula is C20H23FIN3OS. The van der Waals surface area contributed by atoms with Crippen molar-refractivity contribution in [2.45, 2.75) is 51.5 Å². The molecule has 0 saturated carbocycles.